The number of ether oxygens (including phenoxy) is 1. The number of carbonyl (C=O) groups is 1. The number of rotatable bonds is 7. The Kier molecular flexibility index (Phi) is 7.21. The van der Waals surface area contributed by atoms with Gasteiger partial charge in [0.25, 0.3) is 5.91 Å². The van der Waals surface area contributed by atoms with E-state index in [1.54, 1.807) is 0 Å². The first-order chi connectivity index (χ1) is 11.8. The van der Waals surface area contributed by atoms with Crippen LogP contribution in [-0.2, 0) is 14.8 Å². The molecular weight excluding hydrogens is 366 g/mol. The number of benzene rings is 1. The summed E-state index contributed by atoms with van der Waals surface area (Å²) in [5.74, 6) is -0.363. The van der Waals surface area contributed by atoms with E-state index in [-0.39, 0.29) is 21.4 Å². The molecule has 7 nitrogen and oxygen atoms in total. The van der Waals surface area contributed by atoms with E-state index < -0.39 is 10.0 Å². The lowest BCUT2D eigenvalue weighted by molar-refractivity contribution is -0.908. The number of hydrogen-bond acceptors (Lipinski definition) is 4. The Labute approximate surface area is 153 Å². The minimum absolute atomic E-state index is 0.0461. The molecule has 1 aromatic carbocycles. The minimum atomic E-state index is -3.61. The molecule has 0 atom stereocenters. The number of morpholine rings is 1. The van der Waals surface area contributed by atoms with Crippen molar-refractivity contribution in [2.24, 2.45) is 0 Å². The third kappa shape index (κ3) is 5.39. The third-order valence-electron chi connectivity index (χ3n) is 4.15. The van der Waals surface area contributed by atoms with Crippen molar-refractivity contribution in [1.82, 2.24) is 9.62 Å². The van der Waals surface area contributed by atoms with Gasteiger partial charge in [0.1, 0.15) is 13.1 Å². The molecule has 0 radical (unpaired) electrons. The van der Waals surface area contributed by atoms with Crippen LogP contribution in [0.25, 0.3) is 0 Å². The van der Waals surface area contributed by atoms with Crippen molar-refractivity contribution in [3.8, 4) is 0 Å². The lowest BCUT2D eigenvalue weighted by Crippen LogP contribution is -3.14. The molecule has 0 bridgehead atoms. The summed E-state index contributed by atoms with van der Waals surface area (Å²) in [5, 5.41) is 3.04. The van der Waals surface area contributed by atoms with E-state index in [1.807, 2.05) is 0 Å². The summed E-state index contributed by atoms with van der Waals surface area (Å²) in [6.45, 7) is 5.03. The molecule has 1 heterocycles. The van der Waals surface area contributed by atoms with Crippen LogP contribution in [0.15, 0.2) is 23.1 Å². The summed E-state index contributed by atoms with van der Waals surface area (Å²) in [5.41, 5.74) is 0.170. The van der Waals surface area contributed by atoms with Gasteiger partial charge in [-0.1, -0.05) is 11.6 Å². The van der Waals surface area contributed by atoms with Crippen molar-refractivity contribution in [1.29, 1.82) is 0 Å². The van der Waals surface area contributed by atoms with Crippen LogP contribution in [0, 0.1) is 0 Å². The first-order valence-electron chi connectivity index (χ1n) is 8.24. The Morgan fingerprint density at radius 2 is 2.00 bits per heavy atom. The zero-order valence-corrected chi connectivity index (χ0v) is 16.1. The fourth-order valence-electron chi connectivity index (χ4n) is 2.60. The lowest BCUT2D eigenvalue weighted by atomic mass is 10.2. The van der Waals surface area contributed by atoms with E-state index in [0.29, 0.717) is 6.54 Å². The summed E-state index contributed by atoms with van der Waals surface area (Å²) < 4.78 is 30.8. The summed E-state index contributed by atoms with van der Waals surface area (Å²) in [6, 6.07) is 4.15. The first kappa shape index (κ1) is 20.1. The van der Waals surface area contributed by atoms with Gasteiger partial charge < -0.3 is 15.0 Å². The Balaban J connectivity index is 1.94. The number of sulfonamides is 1. The van der Waals surface area contributed by atoms with Crippen LogP contribution < -0.4 is 10.2 Å². The largest absolute Gasteiger partial charge is 0.370 e. The number of carbonyl (C=O) groups excluding carboxylic acids is 1. The molecule has 1 aliphatic heterocycles. The molecule has 1 fully saturated rings. The van der Waals surface area contributed by atoms with E-state index in [0.717, 1.165) is 43.6 Å². The molecule has 1 amide bonds. The van der Waals surface area contributed by atoms with Gasteiger partial charge in [-0.3, -0.25) is 4.79 Å². The monoisotopic (exact) mass is 390 g/mol. The average Bonchev–Trinajstić information content (AvgIpc) is 2.59. The molecule has 2 N–H and O–H groups in total. The van der Waals surface area contributed by atoms with E-state index in [2.05, 4.69) is 5.32 Å². The molecule has 0 unspecified atom stereocenters. The molecule has 1 saturated heterocycles. The zero-order chi connectivity index (χ0) is 18.4. The van der Waals surface area contributed by atoms with Crippen LogP contribution in [0.5, 0.6) is 0 Å². The highest BCUT2D eigenvalue weighted by atomic mass is 35.5. The van der Waals surface area contributed by atoms with Crippen molar-refractivity contribution in [3.05, 3.63) is 28.8 Å². The number of nitrogens with one attached hydrogen (secondary N) is 2. The maximum Gasteiger partial charge on any atom is 0.252 e. The first-order valence-corrected chi connectivity index (χ1v) is 10.1. The van der Waals surface area contributed by atoms with Crippen molar-refractivity contribution in [3.63, 3.8) is 0 Å². The molecule has 2 rings (SSSR count). The van der Waals surface area contributed by atoms with Crippen molar-refractivity contribution in [2.75, 3.05) is 53.5 Å². The Morgan fingerprint density at radius 1 is 1.32 bits per heavy atom. The zero-order valence-electron chi connectivity index (χ0n) is 14.5. The van der Waals surface area contributed by atoms with Gasteiger partial charge >= 0.3 is 0 Å². The van der Waals surface area contributed by atoms with E-state index >= 15 is 0 Å². The van der Waals surface area contributed by atoms with Crippen molar-refractivity contribution < 1.29 is 22.8 Å². The minimum Gasteiger partial charge on any atom is -0.370 e. The molecule has 140 valence electrons. The van der Waals surface area contributed by atoms with Crippen molar-refractivity contribution >= 4 is 27.5 Å². The topological polar surface area (TPSA) is 80.2 Å². The molecule has 0 saturated carbocycles. The fourth-order valence-corrected chi connectivity index (χ4v) is 3.73. The molecule has 0 spiro atoms. The lowest BCUT2D eigenvalue weighted by Gasteiger charge is -2.23. The summed E-state index contributed by atoms with van der Waals surface area (Å²) in [4.78, 5) is 13.9. The molecule has 25 heavy (non-hydrogen) atoms. The molecule has 9 heteroatoms. The van der Waals surface area contributed by atoms with Gasteiger partial charge in [-0.2, -0.15) is 0 Å². The summed E-state index contributed by atoms with van der Waals surface area (Å²) in [6.07, 6.45) is 0.842. The van der Waals surface area contributed by atoms with Crippen LogP contribution in [0.2, 0.25) is 5.02 Å². The van der Waals surface area contributed by atoms with Gasteiger partial charge in [0.2, 0.25) is 10.0 Å². The van der Waals surface area contributed by atoms with E-state index in [4.69, 9.17) is 16.3 Å². The van der Waals surface area contributed by atoms with Crippen LogP contribution >= 0.6 is 11.6 Å². The quantitative estimate of drug-likeness (QED) is 0.622. The van der Waals surface area contributed by atoms with E-state index in [1.165, 1.54) is 37.2 Å². The van der Waals surface area contributed by atoms with Crippen molar-refractivity contribution in [2.45, 2.75) is 11.3 Å². The van der Waals surface area contributed by atoms with Crippen LogP contribution in [-0.4, -0.2) is 72.1 Å². The fraction of sp³-hybridized carbons (Fsp3) is 0.562. The number of quaternary nitrogens is 1. The Bertz CT molecular complexity index is 703. The number of nitrogens with zero attached hydrogens (tertiary/aromatic N) is 1. The van der Waals surface area contributed by atoms with Gasteiger partial charge in [0.15, 0.2) is 0 Å². The molecule has 1 aromatic rings. The van der Waals surface area contributed by atoms with Gasteiger partial charge in [-0.15, -0.1) is 0 Å². The molecule has 1 aliphatic rings. The van der Waals surface area contributed by atoms with E-state index in [9.17, 15) is 13.2 Å². The van der Waals surface area contributed by atoms with Gasteiger partial charge in [0.05, 0.1) is 35.2 Å². The van der Waals surface area contributed by atoms with Crippen LogP contribution in [0.1, 0.15) is 16.8 Å². The Morgan fingerprint density at radius 3 is 2.64 bits per heavy atom. The highest BCUT2D eigenvalue weighted by molar-refractivity contribution is 7.89. The maximum atomic E-state index is 12.3. The predicted molar refractivity (Wildman–Crippen MR) is 95.7 cm³/mol. The number of amides is 1. The van der Waals surface area contributed by atoms with Gasteiger partial charge in [0, 0.05) is 27.1 Å². The van der Waals surface area contributed by atoms with Crippen LogP contribution in [0.3, 0.4) is 0 Å². The van der Waals surface area contributed by atoms with Gasteiger partial charge in [-0.05, 0) is 18.2 Å². The van der Waals surface area contributed by atoms with Crippen LogP contribution in [0.4, 0.5) is 0 Å². The maximum absolute atomic E-state index is 12.3. The molecule has 0 aromatic heterocycles. The number of halogens is 1. The normalized spacial score (nSPS) is 16.2. The second-order valence-corrected chi connectivity index (χ2v) is 8.71. The highest BCUT2D eigenvalue weighted by Gasteiger charge is 2.21. The van der Waals surface area contributed by atoms with Gasteiger partial charge in [-0.25, -0.2) is 12.7 Å². The smallest absolute Gasteiger partial charge is 0.252 e. The SMILES string of the molecule is CN(C)S(=O)(=O)c1ccc(Cl)c(C(=O)NCCC[NH+]2CCOCC2)c1. The Hall–Kier alpha value is -1.19. The second kappa shape index (κ2) is 8.95. The number of hydrogen-bond donors (Lipinski definition) is 2. The summed E-state index contributed by atoms with van der Waals surface area (Å²) >= 11 is 6.07. The third-order valence-corrected chi connectivity index (χ3v) is 6.29. The average molecular weight is 391 g/mol. The predicted octanol–water partition coefficient (Wildman–Crippen LogP) is -0.375. The molecular formula is C16H25ClN3O4S+. The standard InChI is InChI=1S/C16H24ClN3O4S/c1-19(2)25(22,23)13-4-5-15(17)14(12-13)16(21)18-6-3-7-20-8-10-24-11-9-20/h4-5,12H,3,6-11H2,1-2H3,(H,18,21)/p+1. The highest BCUT2D eigenvalue weighted by Crippen LogP contribution is 2.22. The summed E-state index contributed by atoms with van der Waals surface area (Å²) in [7, 11) is -0.726. The molecule has 0 aliphatic carbocycles. The second-order valence-electron chi connectivity index (χ2n) is 6.15.